The number of nitrogens with zero attached hydrogens (tertiary/aromatic N) is 1. The molecule has 0 bridgehead atoms. The maximum absolute atomic E-state index is 12.1. The molecule has 88 valence electrons. The second-order valence-electron chi connectivity index (χ2n) is 3.76. The highest BCUT2D eigenvalue weighted by molar-refractivity contribution is 6.32. The number of amides is 1. The van der Waals surface area contributed by atoms with Crippen LogP contribution in [0.5, 0.6) is 0 Å². The van der Waals surface area contributed by atoms with Gasteiger partial charge in [0.1, 0.15) is 0 Å². The minimum Gasteiger partial charge on any atom is -0.452 e. The molecule has 1 atom stereocenters. The van der Waals surface area contributed by atoms with Crippen molar-refractivity contribution in [2.75, 3.05) is 19.7 Å². The monoisotopic (exact) mass is 243 g/mol. The van der Waals surface area contributed by atoms with Crippen molar-refractivity contribution < 1.29 is 13.9 Å². The van der Waals surface area contributed by atoms with Gasteiger partial charge in [-0.15, -0.1) is 0 Å². The molecule has 0 radical (unpaired) electrons. The first-order valence-electron chi connectivity index (χ1n) is 5.36. The number of halogens is 1. The summed E-state index contributed by atoms with van der Waals surface area (Å²) in [6.45, 7) is 3.86. The lowest BCUT2D eigenvalue weighted by atomic mass is 10.2. The maximum atomic E-state index is 12.1. The van der Waals surface area contributed by atoms with Gasteiger partial charge in [0.15, 0.2) is 0 Å². The van der Waals surface area contributed by atoms with Gasteiger partial charge in [0.2, 0.25) is 5.22 Å². The predicted molar refractivity (Wildman–Crippen MR) is 59.7 cm³/mol. The molecule has 5 heteroatoms. The lowest BCUT2D eigenvalue weighted by Gasteiger charge is -2.32. The number of ether oxygens (including phenoxy) is 1. The first-order valence-corrected chi connectivity index (χ1v) is 5.74. The van der Waals surface area contributed by atoms with Gasteiger partial charge in [-0.2, -0.15) is 0 Å². The van der Waals surface area contributed by atoms with E-state index in [1.165, 1.54) is 6.26 Å². The Labute approximate surface area is 99.1 Å². The molecule has 16 heavy (non-hydrogen) atoms. The van der Waals surface area contributed by atoms with Crippen LogP contribution in [0.4, 0.5) is 0 Å². The molecule has 2 heterocycles. The number of hydrogen-bond donors (Lipinski definition) is 0. The van der Waals surface area contributed by atoms with E-state index >= 15 is 0 Å². The summed E-state index contributed by atoms with van der Waals surface area (Å²) in [7, 11) is 0. The van der Waals surface area contributed by atoms with Crippen LogP contribution in [-0.2, 0) is 4.74 Å². The number of furan rings is 1. The van der Waals surface area contributed by atoms with E-state index in [0.717, 1.165) is 6.42 Å². The van der Waals surface area contributed by atoms with Crippen molar-refractivity contribution in [3.05, 3.63) is 23.1 Å². The van der Waals surface area contributed by atoms with Crippen LogP contribution in [0.15, 0.2) is 16.7 Å². The van der Waals surface area contributed by atoms with Gasteiger partial charge in [0, 0.05) is 13.1 Å². The zero-order chi connectivity index (χ0) is 11.5. The summed E-state index contributed by atoms with van der Waals surface area (Å²) in [6, 6.07) is 1.60. The Morgan fingerprint density at radius 2 is 2.50 bits per heavy atom. The highest BCUT2D eigenvalue weighted by atomic mass is 35.5. The zero-order valence-electron chi connectivity index (χ0n) is 9.11. The Bertz CT molecular complexity index is 377. The molecule has 1 aliphatic rings. The molecule has 0 aliphatic carbocycles. The third-order valence-corrected chi connectivity index (χ3v) is 3.02. The summed E-state index contributed by atoms with van der Waals surface area (Å²) in [4.78, 5) is 13.8. The molecule has 1 amide bonds. The van der Waals surface area contributed by atoms with E-state index in [1.54, 1.807) is 11.0 Å². The molecule has 1 aromatic heterocycles. The van der Waals surface area contributed by atoms with Crippen LogP contribution < -0.4 is 0 Å². The summed E-state index contributed by atoms with van der Waals surface area (Å²) in [5.74, 6) is -0.0829. The van der Waals surface area contributed by atoms with E-state index in [4.69, 9.17) is 20.8 Å². The van der Waals surface area contributed by atoms with Crippen LogP contribution in [0.2, 0.25) is 5.22 Å². The van der Waals surface area contributed by atoms with Crippen molar-refractivity contribution in [2.24, 2.45) is 0 Å². The van der Waals surface area contributed by atoms with Gasteiger partial charge >= 0.3 is 0 Å². The largest absolute Gasteiger partial charge is 0.452 e. The van der Waals surface area contributed by atoms with Crippen molar-refractivity contribution in [1.82, 2.24) is 4.90 Å². The number of carbonyl (C=O) groups excluding carboxylic acids is 1. The number of carbonyl (C=O) groups is 1. The highest BCUT2D eigenvalue weighted by Gasteiger charge is 2.26. The summed E-state index contributed by atoms with van der Waals surface area (Å²) in [5.41, 5.74) is 0.429. The van der Waals surface area contributed by atoms with Gasteiger partial charge in [0.05, 0.1) is 24.5 Å². The molecule has 0 aromatic carbocycles. The zero-order valence-corrected chi connectivity index (χ0v) is 9.87. The smallest absolute Gasteiger partial charge is 0.258 e. The van der Waals surface area contributed by atoms with E-state index < -0.39 is 0 Å². The molecular weight excluding hydrogens is 230 g/mol. The molecule has 1 aromatic rings. The van der Waals surface area contributed by atoms with Crippen LogP contribution in [-0.4, -0.2) is 36.6 Å². The lowest BCUT2D eigenvalue weighted by Crippen LogP contribution is -2.45. The third kappa shape index (κ3) is 2.23. The second-order valence-corrected chi connectivity index (χ2v) is 4.10. The van der Waals surface area contributed by atoms with Gasteiger partial charge in [-0.25, -0.2) is 0 Å². The van der Waals surface area contributed by atoms with Crippen LogP contribution in [0, 0.1) is 0 Å². The van der Waals surface area contributed by atoms with Crippen molar-refractivity contribution in [2.45, 2.75) is 19.4 Å². The van der Waals surface area contributed by atoms with Gasteiger partial charge < -0.3 is 14.1 Å². The molecular formula is C11H14ClNO3. The molecule has 4 nitrogen and oxygen atoms in total. The first-order chi connectivity index (χ1) is 7.72. The fourth-order valence-electron chi connectivity index (χ4n) is 1.77. The van der Waals surface area contributed by atoms with Gasteiger partial charge in [-0.1, -0.05) is 6.92 Å². The molecule has 2 rings (SSSR count). The molecule has 0 spiro atoms. The van der Waals surface area contributed by atoms with Gasteiger partial charge in [-0.05, 0) is 24.1 Å². The Morgan fingerprint density at radius 1 is 1.69 bits per heavy atom. The van der Waals surface area contributed by atoms with Crippen molar-refractivity contribution in [1.29, 1.82) is 0 Å². The molecule has 0 N–H and O–H groups in total. The van der Waals surface area contributed by atoms with E-state index in [0.29, 0.717) is 25.3 Å². The SMILES string of the molecule is CCC1CN(C(=O)c2ccoc2Cl)CCO1. The van der Waals surface area contributed by atoms with Crippen LogP contribution in [0.1, 0.15) is 23.7 Å². The minimum absolute atomic E-state index is 0.0829. The van der Waals surface area contributed by atoms with Crippen molar-refractivity contribution in [3.8, 4) is 0 Å². The van der Waals surface area contributed by atoms with Crippen molar-refractivity contribution >= 4 is 17.5 Å². The van der Waals surface area contributed by atoms with Gasteiger partial charge in [-0.3, -0.25) is 4.79 Å². The standard InChI is InChI=1S/C11H14ClNO3/c1-2-8-7-13(4-6-15-8)11(14)9-3-5-16-10(9)12/h3,5,8H,2,4,6-7H2,1H3. The van der Waals surface area contributed by atoms with Crippen LogP contribution in [0.25, 0.3) is 0 Å². The van der Waals surface area contributed by atoms with E-state index in [2.05, 4.69) is 0 Å². The summed E-state index contributed by atoms with van der Waals surface area (Å²) in [5, 5.41) is 0.157. The van der Waals surface area contributed by atoms with Crippen molar-refractivity contribution in [3.63, 3.8) is 0 Å². The summed E-state index contributed by atoms with van der Waals surface area (Å²) >= 11 is 5.78. The number of rotatable bonds is 2. The second kappa shape index (κ2) is 4.89. The molecule has 0 saturated carbocycles. The predicted octanol–water partition coefficient (Wildman–Crippen LogP) is 2.18. The average molecular weight is 244 g/mol. The van der Waals surface area contributed by atoms with E-state index in [1.807, 2.05) is 6.92 Å². The summed E-state index contributed by atoms with van der Waals surface area (Å²) in [6.07, 6.45) is 2.46. The van der Waals surface area contributed by atoms with Gasteiger partial charge in [0.25, 0.3) is 5.91 Å². The molecule has 1 aliphatic heterocycles. The Kier molecular flexibility index (Phi) is 3.51. The number of morpholine rings is 1. The third-order valence-electron chi connectivity index (χ3n) is 2.73. The van der Waals surface area contributed by atoms with E-state index in [9.17, 15) is 4.79 Å². The normalized spacial score (nSPS) is 21.1. The lowest BCUT2D eigenvalue weighted by molar-refractivity contribution is -0.0226. The Balaban J connectivity index is 2.07. The maximum Gasteiger partial charge on any atom is 0.258 e. The molecule has 1 saturated heterocycles. The van der Waals surface area contributed by atoms with Crippen LogP contribution >= 0.6 is 11.6 Å². The highest BCUT2D eigenvalue weighted by Crippen LogP contribution is 2.20. The fourth-order valence-corrected chi connectivity index (χ4v) is 1.96. The van der Waals surface area contributed by atoms with E-state index in [-0.39, 0.29) is 17.2 Å². The summed E-state index contributed by atoms with van der Waals surface area (Å²) < 4.78 is 10.4. The first kappa shape index (κ1) is 11.5. The minimum atomic E-state index is -0.0829. The Hall–Kier alpha value is -1.00. The Morgan fingerprint density at radius 3 is 3.12 bits per heavy atom. The fraction of sp³-hybridized carbons (Fsp3) is 0.545. The quantitative estimate of drug-likeness (QED) is 0.800. The number of hydrogen-bond acceptors (Lipinski definition) is 3. The molecule has 1 fully saturated rings. The molecule has 1 unspecified atom stereocenters. The van der Waals surface area contributed by atoms with Crippen LogP contribution in [0.3, 0.4) is 0 Å². The average Bonchev–Trinajstić information content (AvgIpc) is 2.74. The topological polar surface area (TPSA) is 42.7 Å².